The lowest BCUT2D eigenvalue weighted by atomic mass is 9.93. The predicted octanol–water partition coefficient (Wildman–Crippen LogP) is 8.79. The quantitative estimate of drug-likeness (QED) is 0.231. The topological polar surface area (TPSA) is 17.8 Å². The number of benzene rings is 6. The molecule has 35 heavy (non-hydrogen) atoms. The van der Waals surface area contributed by atoms with Crippen molar-refractivity contribution in [2.75, 3.05) is 0 Å². The van der Waals surface area contributed by atoms with Gasteiger partial charge in [-0.2, -0.15) is 0 Å². The number of rotatable bonds is 1. The summed E-state index contributed by atoms with van der Waals surface area (Å²) in [6, 6.07) is 39.8. The zero-order valence-electron chi connectivity index (χ0n) is 18.9. The van der Waals surface area contributed by atoms with E-state index in [0.29, 0.717) is 0 Å². The summed E-state index contributed by atoms with van der Waals surface area (Å²) >= 11 is 0. The summed E-state index contributed by atoms with van der Waals surface area (Å²) in [5.41, 5.74) is 3.59. The third kappa shape index (κ3) is 2.51. The average molecular weight is 445 g/mol. The van der Waals surface area contributed by atoms with E-state index in [1.54, 1.807) is 0 Å². The number of hydrogen-bond donors (Lipinski definition) is 0. The molecule has 0 aliphatic rings. The van der Waals surface area contributed by atoms with Crippen molar-refractivity contribution in [2.24, 2.45) is 0 Å². The van der Waals surface area contributed by atoms with Crippen LogP contribution in [0.2, 0.25) is 0 Å². The molecule has 0 bridgehead atoms. The third-order valence-electron chi connectivity index (χ3n) is 7.44. The molecule has 2 aromatic heterocycles. The lowest BCUT2D eigenvalue weighted by Gasteiger charge is -2.12. The number of nitrogens with zero attached hydrogens (tertiary/aromatic N) is 2. The maximum Gasteiger partial charge on any atom is 0.0619 e. The van der Waals surface area contributed by atoms with Crippen LogP contribution in [-0.2, 0) is 0 Å². The summed E-state index contributed by atoms with van der Waals surface area (Å²) in [6.45, 7) is 0. The van der Waals surface area contributed by atoms with Crippen LogP contribution in [-0.4, -0.2) is 9.55 Å². The number of aromatic nitrogens is 2. The fourth-order valence-corrected chi connectivity index (χ4v) is 5.94. The molecule has 6 aromatic carbocycles. The standard InChI is InChI=1S/C33H20N2/c1-2-8-23-21(7-1)13-14-28-31-19-29-26-11-5-3-9-24(26)25-10-4-6-12-27(25)30(29)20-32(31)35(33(23)28)22-15-17-34-18-16-22/h1-20H. The van der Waals surface area contributed by atoms with Gasteiger partial charge in [0.2, 0.25) is 0 Å². The Bertz CT molecular complexity index is 2100. The Hall–Kier alpha value is -4.69. The van der Waals surface area contributed by atoms with Gasteiger partial charge in [-0.3, -0.25) is 4.98 Å². The number of hydrogen-bond acceptors (Lipinski definition) is 1. The van der Waals surface area contributed by atoms with Crippen LogP contribution < -0.4 is 0 Å². The number of fused-ring (bicyclic) bond motifs is 11. The summed E-state index contributed by atoms with van der Waals surface area (Å²) in [5.74, 6) is 0. The van der Waals surface area contributed by atoms with Crippen molar-refractivity contribution in [2.45, 2.75) is 0 Å². The maximum absolute atomic E-state index is 4.29. The summed E-state index contributed by atoms with van der Waals surface area (Å²) < 4.78 is 2.41. The second-order valence-electron chi connectivity index (χ2n) is 9.23. The highest BCUT2D eigenvalue weighted by Gasteiger charge is 2.17. The molecule has 0 aliphatic carbocycles. The molecule has 8 rings (SSSR count). The van der Waals surface area contributed by atoms with Crippen LogP contribution >= 0.6 is 0 Å². The van der Waals surface area contributed by atoms with Gasteiger partial charge in [0.15, 0.2) is 0 Å². The van der Waals surface area contributed by atoms with Crippen LogP contribution in [0.3, 0.4) is 0 Å². The zero-order chi connectivity index (χ0) is 22.9. The first-order valence-electron chi connectivity index (χ1n) is 12.0. The first kappa shape index (κ1) is 18.7. The SMILES string of the molecule is c1ccc2c(c1)ccc1c3cc4c5ccccc5c5ccccc5c4cc3n(-c3ccncc3)c21. The molecule has 0 aliphatic heterocycles. The molecule has 2 nitrogen and oxygen atoms in total. The van der Waals surface area contributed by atoms with Gasteiger partial charge in [-0.25, -0.2) is 0 Å². The van der Waals surface area contributed by atoms with Gasteiger partial charge in [0, 0.05) is 34.2 Å². The Morgan fingerprint density at radius 3 is 1.69 bits per heavy atom. The molecular formula is C33H20N2. The Morgan fingerprint density at radius 2 is 1.00 bits per heavy atom. The lowest BCUT2D eigenvalue weighted by molar-refractivity contribution is 1.16. The second kappa shape index (κ2) is 6.91. The molecular weight excluding hydrogens is 424 g/mol. The van der Waals surface area contributed by atoms with Crippen molar-refractivity contribution in [1.29, 1.82) is 0 Å². The van der Waals surface area contributed by atoms with Crippen molar-refractivity contribution in [3.8, 4) is 5.69 Å². The molecule has 0 N–H and O–H groups in total. The van der Waals surface area contributed by atoms with Crippen molar-refractivity contribution in [1.82, 2.24) is 9.55 Å². The van der Waals surface area contributed by atoms with Crippen molar-refractivity contribution in [3.63, 3.8) is 0 Å². The Labute approximate surface area is 201 Å². The van der Waals surface area contributed by atoms with Gasteiger partial charge in [0.05, 0.1) is 11.0 Å². The highest BCUT2D eigenvalue weighted by atomic mass is 15.0. The summed E-state index contributed by atoms with van der Waals surface area (Å²) in [5, 5.41) is 12.8. The fraction of sp³-hybridized carbons (Fsp3) is 0. The van der Waals surface area contributed by atoms with E-state index in [-0.39, 0.29) is 0 Å². The van der Waals surface area contributed by atoms with E-state index in [9.17, 15) is 0 Å². The Balaban J connectivity index is 1.69. The minimum atomic E-state index is 1.13. The van der Waals surface area contributed by atoms with Crippen molar-refractivity contribution < 1.29 is 0 Å². The van der Waals surface area contributed by atoms with Gasteiger partial charge in [-0.05, 0) is 62.0 Å². The fourth-order valence-electron chi connectivity index (χ4n) is 5.94. The normalized spacial score (nSPS) is 12.0. The second-order valence-corrected chi connectivity index (χ2v) is 9.23. The molecule has 2 heteroatoms. The molecule has 0 atom stereocenters. The van der Waals surface area contributed by atoms with Crippen molar-refractivity contribution in [3.05, 3.63) is 122 Å². The maximum atomic E-state index is 4.29. The smallest absolute Gasteiger partial charge is 0.0619 e. The molecule has 162 valence electrons. The van der Waals surface area contributed by atoms with Crippen LogP contribution in [0.5, 0.6) is 0 Å². The van der Waals surface area contributed by atoms with E-state index in [0.717, 1.165) is 5.69 Å². The average Bonchev–Trinajstić information content (AvgIpc) is 3.27. The Morgan fingerprint density at radius 1 is 0.429 bits per heavy atom. The molecule has 0 saturated heterocycles. The first-order chi connectivity index (χ1) is 17.4. The molecule has 8 aromatic rings. The van der Waals surface area contributed by atoms with Gasteiger partial charge >= 0.3 is 0 Å². The predicted molar refractivity (Wildman–Crippen MR) is 149 cm³/mol. The minimum absolute atomic E-state index is 1.13. The van der Waals surface area contributed by atoms with Crippen LogP contribution in [0.1, 0.15) is 0 Å². The molecule has 2 heterocycles. The first-order valence-corrected chi connectivity index (χ1v) is 12.0. The molecule has 0 saturated carbocycles. The zero-order valence-corrected chi connectivity index (χ0v) is 18.9. The largest absolute Gasteiger partial charge is 0.308 e. The summed E-state index contributed by atoms with van der Waals surface area (Å²) in [4.78, 5) is 4.29. The molecule has 0 fully saturated rings. The van der Waals surface area contributed by atoms with Crippen LogP contribution in [0, 0.1) is 0 Å². The van der Waals surface area contributed by atoms with Crippen LogP contribution in [0.25, 0.3) is 70.6 Å². The lowest BCUT2D eigenvalue weighted by Crippen LogP contribution is -1.94. The van der Waals surface area contributed by atoms with Gasteiger partial charge in [0.1, 0.15) is 0 Å². The number of pyridine rings is 1. The van der Waals surface area contributed by atoms with Gasteiger partial charge in [0.25, 0.3) is 0 Å². The van der Waals surface area contributed by atoms with E-state index >= 15 is 0 Å². The summed E-state index contributed by atoms with van der Waals surface area (Å²) in [7, 11) is 0. The highest BCUT2D eigenvalue weighted by Crippen LogP contribution is 2.42. The molecule has 0 spiro atoms. The van der Waals surface area contributed by atoms with Gasteiger partial charge < -0.3 is 4.57 Å². The van der Waals surface area contributed by atoms with E-state index in [2.05, 4.69) is 119 Å². The summed E-state index contributed by atoms with van der Waals surface area (Å²) in [6.07, 6.45) is 3.75. The van der Waals surface area contributed by atoms with Gasteiger partial charge in [-0.15, -0.1) is 0 Å². The van der Waals surface area contributed by atoms with E-state index in [1.807, 2.05) is 12.4 Å². The monoisotopic (exact) mass is 444 g/mol. The van der Waals surface area contributed by atoms with E-state index in [1.165, 1.54) is 64.9 Å². The van der Waals surface area contributed by atoms with Crippen molar-refractivity contribution >= 4 is 64.9 Å². The minimum Gasteiger partial charge on any atom is -0.308 e. The third-order valence-corrected chi connectivity index (χ3v) is 7.44. The van der Waals surface area contributed by atoms with E-state index < -0.39 is 0 Å². The van der Waals surface area contributed by atoms with Crippen LogP contribution in [0.15, 0.2) is 122 Å². The van der Waals surface area contributed by atoms with Gasteiger partial charge in [-0.1, -0.05) is 84.9 Å². The van der Waals surface area contributed by atoms with E-state index in [4.69, 9.17) is 0 Å². The highest BCUT2D eigenvalue weighted by molar-refractivity contribution is 6.29. The molecule has 0 amide bonds. The van der Waals surface area contributed by atoms with Crippen LogP contribution in [0.4, 0.5) is 0 Å². The molecule has 0 unspecified atom stereocenters. The molecule has 0 radical (unpaired) electrons. The Kier molecular flexibility index (Phi) is 3.69.